The van der Waals surface area contributed by atoms with Crippen molar-refractivity contribution in [3.8, 4) is 0 Å². The standard InChI is InChI=1S/C13H14N2/c1-11(2)13-5-3-12(4-6-13)9-15-8-7-14-10-15/h3-8,10H,1,9H2,2H3. The van der Waals surface area contributed by atoms with E-state index in [1.165, 1.54) is 11.1 Å². The Morgan fingerprint density at radius 1 is 1.33 bits per heavy atom. The van der Waals surface area contributed by atoms with E-state index in [0.29, 0.717) is 0 Å². The quantitative estimate of drug-likeness (QED) is 0.741. The van der Waals surface area contributed by atoms with Crippen LogP contribution in [0.4, 0.5) is 0 Å². The van der Waals surface area contributed by atoms with Crippen molar-refractivity contribution in [3.05, 3.63) is 60.7 Å². The third-order valence-electron chi connectivity index (χ3n) is 2.37. The molecular formula is C13H14N2. The number of imidazole rings is 1. The number of hydrogen-bond donors (Lipinski definition) is 0. The maximum atomic E-state index is 4.01. The van der Waals surface area contributed by atoms with E-state index < -0.39 is 0 Å². The largest absolute Gasteiger partial charge is 0.333 e. The lowest BCUT2D eigenvalue weighted by atomic mass is 10.1. The Morgan fingerprint density at radius 2 is 2.07 bits per heavy atom. The molecule has 0 aliphatic carbocycles. The first kappa shape index (κ1) is 9.71. The molecule has 2 nitrogen and oxygen atoms in total. The predicted octanol–water partition coefficient (Wildman–Crippen LogP) is 2.96. The van der Waals surface area contributed by atoms with Gasteiger partial charge in [-0.2, -0.15) is 0 Å². The highest BCUT2D eigenvalue weighted by atomic mass is 15.0. The van der Waals surface area contributed by atoms with Gasteiger partial charge in [-0.3, -0.25) is 0 Å². The lowest BCUT2D eigenvalue weighted by molar-refractivity contribution is 0.797. The molecule has 0 aliphatic rings. The number of hydrogen-bond acceptors (Lipinski definition) is 1. The van der Waals surface area contributed by atoms with E-state index in [9.17, 15) is 0 Å². The molecule has 0 atom stereocenters. The van der Waals surface area contributed by atoms with Crippen LogP contribution in [0, 0.1) is 0 Å². The van der Waals surface area contributed by atoms with Crippen LogP contribution in [0.25, 0.3) is 5.57 Å². The first-order chi connectivity index (χ1) is 7.25. The molecule has 1 aromatic carbocycles. The molecule has 0 N–H and O–H groups in total. The smallest absolute Gasteiger partial charge is 0.0949 e. The molecule has 0 spiro atoms. The molecule has 0 bridgehead atoms. The predicted molar refractivity (Wildman–Crippen MR) is 62.5 cm³/mol. The van der Waals surface area contributed by atoms with Gasteiger partial charge < -0.3 is 4.57 Å². The van der Waals surface area contributed by atoms with Crippen LogP contribution < -0.4 is 0 Å². The molecule has 15 heavy (non-hydrogen) atoms. The fraction of sp³-hybridized carbons (Fsp3) is 0.154. The molecule has 0 amide bonds. The molecule has 0 saturated heterocycles. The first-order valence-corrected chi connectivity index (χ1v) is 4.96. The highest BCUT2D eigenvalue weighted by Gasteiger charge is 1.96. The van der Waals surface area contributed by atoms with Crippen molar-refractivity contribution in [2.24, 2.45) is 0 Å². The van der Waals surface area contributed by atoms with Crippen molar-refractivity contribution in [2.75, 3.05) is 0 Å². The van der Waals surface area contributed by atoms with Gasteiger partial charge in [0.25, 0.3) is 0 Å². The molecule has 0 saturated carbocycles. The van der Waals surface area contributed by atoms with Gasteiger partial charge in [-0.1, -0.05) is 36.4 Å². The molecule has 1 aromatic heterocycles. The second-order valence-electron chi connectivity index (χ2n) is 3.71. The highest BCUT2D eigenvalue weighted by Crippen LogP contribution is 2.12. The lowest BCUT2D eigenvalue weighted by Gasteiger charge is -2.04. The van der Waals surface area contributed by atoms with Crippen LogP contribution in [0.15, 0.2) is 49.6 Å². The maximum Gasteiger partial charge on any atom is 0.0949 e. The van der Waals surface area contributed by atoms with Gasteiger partial charge in [-0.15, -0.1) is 0 Å². The second kappa shape index (κ2) is 4.13. The zero-order chi connectivity index (χ0) is 10.7. The zero-order valence-corrected chi connectivity index (χ0v) is 8.85. The Hall–Kier alpha value is -1.83. The van der Waals surface area contributed by atoms with Crippen molar-refractivity contribution in [3.63, 3.8) is 0 Å². The summed E-state index contributed by atoms with van der Waals surface area (Å²) < 4.78 is 2.05. The van der Waals surface area contributed by atoms with Crippen LogP contribution in [-0.2, 0) is 6.54 Å². The molecule has 2 heteroatoms. The van der Waals surface area contributed by atoms with Crippen molar-refractivity contribution in [1.82, 2.24) is 9.55 Å². The first-order valence-electron chi connectivity index (χ1n) is 4.96. The minimum absolute atomic E-state index is 0.871. The number of nitrogens with zero attached hydrogens (tertiary/aromatic N) is 2. The Balaban J connectivity index is 2.14. The molecular weight excluding hydrogens is 184 g/mol. The minimum atomic E-state index is 0.871. The summed E-state index contributed by atoms with van der Waals surface area (Å²) in [6.07, 6.45) is 5.58. The Bertz CT molecular complexity index is 438. The van der Waals surface area contributed by atoms with Crippen LogP contribution in [0.1, 0.15) is 18.1 Å². The van der Waals surface area contributed by atoms with E-state index in [1.54, 1.807) is 6.20 Å². The van der Waals surface area contributed by atoms with E-state index in [4.69, 9.17) is 0 Å². The normalized spacial score (nSPS) is 10.2. The Labute approximate surface area is 89.9 Å². The van der Waals surface area contributed by atoms with Gasteiger partial charge in [-0.25, -0.2) is 4.98 Å². The molecule has 2 aromatic rings. The fourth-order valence-electron chi connectivity index (χ4n) is 1.49. The fourth-order valence-corrected chi connectivity index (χ4v) is 1.49. The van der Waals surface area contributed by atoms with Crippen molar-refractivity contribution in [1.29, 1.82) is 0 Å². The topological polar surface area (TPSA) is 17.8 Å². The molecule has 0 fully saturated rings. The number of rotatable bonds is 3. The van der Waals surface area contributed by atoms with Crippen molar-refractivity contribution >= 4 is 5.57 Å². The van der Waals surface area contributed by atoms with E-state index in [0.717, 1.165) is 12.1 Å². The summed E-state index contributed by atoms with van der Waals surface area (Å²) >= 11 is 0. The van der Waals surface area contributed by atoms with Crippen LogP contribution in [-0.4, -0.2) is 9.55 Å². The van der Waals surface area contributed by atoms with E-state index in [1.807, 2.05) is 19.4 Å². The maximum absolute atomic E-state index is 4.01. The number of aromatic nitrogens is 2. The van der Waals surface area contributed by atoms with Gasteiger partial charge in [0.15, 0.2) is 0 Å². The van der Waals surface area contributed by atoms with Crippen LogP contribution in [0.5, 0.6) is 0 Å². The molecule has 0 unspecified atom stereocenters. The molecule has 76 valence electrons. The summed E-state index contributed by atoms with van der Waals surface area (Å²) in [7, 11) is 0. The van der Waals surface area contributed by atoms with Gasteiger partial charge in [0.2, 0.25) is 0 Å². The van der Waals surface area contributed by atoms with Crippen LogP contribution >= 0.6 is 0 Å². The molecule has 1 heterocycles. The summed E-state index contributed by atoms with van der Waals surface area (Å²) in [5.41, 5.74) is 3.58. The molecule has 2 rings (SSSR count). The third kappa shape index (κ3) is 2.34. The van der Waals surface area contributed by atoms with Gasteiger partial charge in [-0.05, 0) is 18.1 Å². The van der Waals surface area contributed by atoms with Gasteiger partial charge >= 0.3 is 0 Å². The summed E-state index contributed by atoms with van der Waals surface area (Å²) in [5.74, 6) is 0. The summed E-state index contributed by atoms with van der Waals surface area (Å²) in [5, 5.41) is 0. The lowest BCUT2D eigenvalue weighted by Crippen LogP contribution is -1.96. The van der Waals surface area contributed by atoms with Crippen molar-refractivity contribution in [2.45, 2.75) is 13.5 Å². The minimum Gasteiger partial charge on any atom is -0.333 e. The third-order valence-corrected chi connectivity index (χ3v) is 2.37. The van der Waals surface area contributed by atoms with Crippen molar-refractivity contribution < 1.29 is 0 Å². The highest BCUT2D eigenvalue weighted by molar-refractivity contribution is 5.61. The summed E-state index contributed by atoms with van der Waals surface area (Å²) in [4.78, 5) is 4.01. The van der Waals surface area contributed by atoms with E-state index in [2.05, 4.69) is 40.4 Å². The Kier molecular flexibility index (Phi) is 2.68. The van der Waals surface area contributed by atoms with Crippen LogP contribution in [0.2, 0.25) is 0 Å². The monoisotopic (exact) mass is 198 g/mol. The van der Waals surface area contributed by atoms with Gasteiger partial charge in [0, 0.05) is 18.9 Å². The number of allylic oxidation sites excluding steroid dienone is 1. The van der Waals surface area contributed by atoms with E-state index in [-0.39, 0.29) is 0 Å². The Morgan fingerprint density at radius 3 is 2.60 bits per heavy atom. The van der Waals surface area contributed by atoms with Gasteiger partial charge in [0.05, 0.1) is 6.33 Å². The van der Waals surface area contributed by atoms with E-state index >= 15 is 0 Å². The summed E-state index contributed by atoms with van der Waals surface area (Å²) in [6.45, 7) is 6.81. The second-order valence-corrected chi connectivity index (χ2v) is 3.71. The van der Waals surface area contributed by atoms with Crippen LogP contribution in [0.3, 0.4) is 0 Å². The average Bonchev–Trinajstić information content (AvgIpc) is 2.71. The molecule has 0 radical (unpaired) electrons. The van der Waals surface area contributed by atoms with Gasteiger partial charge in [0.1, 0.15) is 0 Å². The zero-order valence-electron chi connectivity index (χ0n) is 8.85. The number of benzene rings is 1. The molecule has 0 aliphatic heterocycles. The summed E-state index contributed by atoms with van der Waals surface area (Å²) in [6, 6.07) is 8.47. The SMILES string of the molecule is C=C(C)c1ccc(Cn2ccnc2)cc1. The average molecular weight is 198 g/mol.